The average Bonchev–Trinajstić information content (AvgIpc) is 3.24. The molecule has 0 aliphatic carbocycles. The standard InChI is InChI=1S/C20H15N3O4S/c21-18(25)13-10-16(12-6-2-1-3-7-12)28-19(13)22-17(24)11-23-14-8-4-5-9-15(14)27-20(23)26/h1-10H,11H2,(H2,21,25)(H,22,24). The number of nitrogens with two attached hydrogens (primary N) is 1. The maximum absolute atomic E-state index is 12.5. The van der Waals surface area contributed by atoms with E-state index in [-0.39, 0.29) is 12.1 Å². The molecule has 2 aromatic carbocycles. The summed E-state index contributed by atoms with van der Waals surface area (Å²) in [6.45, 7) is -0.243. The third kappa shape index (κ3) is 3.33. The van der Waals surface area contributed by atoms with Crippen LogP contribution in [0.4, 0.5) is 5.00 Å². The number of rotatable bonds is 5. The predicted octanol–water partition coefficient (Wildman–Crippen LogP) is 3.06. The zero-order valence-electron chi connectivity index (χ0n) is 14.5. The van der Waals surface area contributed by atoms with Crippen LogP contribution < -0.4 is 16.8 Å². The summed E-state index contributed by atoms with van der Waals surface area (Å²) in [4.78, 5) is 37.2. The minimum atomic E-state index is -0.639. The molecule has 0 unspecified atom stereocenters. The van der Waals surface area contributed by atoms with Crippen molar-refractivity contribution in [1.82, 2.24) is 4.57 Å². The molecule has 0 saturated carbocycles. The van der Waals surface area contributed by atoms with Gasteiger partial charge < -0.3 is 15.5 Å². The highest BCUT2D eigenvalue weighted by molar-refractivity contribution is 7.20. The van der Waals surface area contributed by atoms with Gasteiger partial charge in [-0.25, -0.2) is 4.79 Å². The monoisotopic (exact) mass is 393 g/mol. The lowest BCUT2D eigenvalue weighted by Crippen LogP contribution is -2.25. The lowest BCUT2D eigenvalue weighted by molar-refractivity contribution is -0.116. The van der Waals surface area contributed by atoms with E-state index in [1.807, 2.05) is 30.3 Å². The van der Waals surface area contributed by atoms with Crippen LogP contribution >= 0.6 is 11.3 Å². The van der Waals surface area contributed by atoms with Gasteiger partial charge in [0.1, 0.15) is 11.5 Å². The molecule has 2 aromatic heterocycles. The fraction of sp³-hybridized carbons (Fsp3) is 0.0500. The number of anilines is 1. The van der Waals surface area contributed by atoms with Crippen LogP contribution in [0.5, 0.6) is 0 Å². The summed E-state index contributed by atoms with van der Waals surface area (Å²) >= 11 is 1.25. The van der Waals surface area contributed by atoms with Crippen molar-refractivity contribution in [2.45, 2.75) is 6.54 Å². The van der Waals surface area contributed by atoms with Crippen molar-refractivity contribution in [3.05, 3.63) is 76.8 Å². The lowest BCUT2D eigenvalue weighted by Gasteiger charge is -2.05. The molecule has 0 saturated heterocycles. The van der Waals surface area contributed by atoms with Crippen LogP contribution in [0.1, 0.15) is 10.4 Å². The number of hydrogen-bond acceptors (Lipinski definition) is 5. The highest BCUT2D eigenvalue weighted by Crippen LogP contribution is 2.35. The van der Waals surface area contributed by atoms with Gasteiger partial charge in [-0.1, -0.05) is 42.5 Å². The molecule has 28 heavy (non-hydrogen) atoms. The van der Waals surface area contributed by atoms with Crippen LogP contribution in [0, 0.1) is 0 Å². The third-order valence-corrected chi connectivity index (χ3v) is 5.28. The van der Waals surface area contributed by atoms with Crippen molar-refractivity contribution in [1.29, 1.82) is 0 Å². The Kier molecular flexibility index (Phi) is 4.54. The number of oxazole rings is 1. The third-order valence-electron chi connectivity index (χ3n) is 4.18. The second-order valence-corrected chi connectivity index (χ2v) is 7.11. The molecule has 0 spiro atoms. The molecule has 7 nitrogen and oxygen atoms in total. The quantitative estimate of drug-likeness (QED) is 0.543. The second kappa shape index (κ2) is 7.16. The van der Waals surface area contributed by atoms with E-state index < -0.39 is 17.6 Å². The van der Waals surface area contributed by atoms with Gasteiger partial charge in [0.2, 0.25) is 5.91 Å². The van der Waals surface area contributed by atoms with Gasteiger partial charge in [0.25, 0.3) is 5.91 Å². The zero-order valence-corrected chi connectivity index (χ0v) is 15.4. The SMILES string of the molecule is NC(=O)c1cc(-c2ccccc2)sc1NC(=O)Cn1c(=O)oc2ccccc21. The highest BCUT2D eigenvalue weighted by Gasteiger charge is 2.18. The molecule has 4 aromatic rings. The van der Waals surface area contributed by atoms with Crippen molar-refractivity contribution in [2.24, 2.45) is 5.73 Å². The molecule has 0 aliphatic heterocycles. The van der Waals surface area contributed by atoms with E-state index in [4.69, 9.17) is 10.2 Å². The maximum Gasteiger partial charge on any atom is 0.420 e. The number of para-hydroxylation sites is 2. The fourth-order valence-electron chi connectivity index (χ4n) is 2.89. The van der Waals surface area contributed by atoms with Gasteiger partial charge in [-0.2, -0.15) is 0 Å². The van der Waals surface area contributed by atoms with Crippen LogP contribution in [-0.4, -0.2) is 16.4 Å². The Morgan fingerprint density at radius 1 is 1.07 bits per heavy atom. The summed E-state index contributed by atoms with van der Waals surface area (Å²) < 4.78 is 6.37. The molecule has 8 heteroatoms. The molecule has 140 valence electrons. The van der Waals surface area contributed by atoms with Crippen molar-refractivity contribution in [2.75, 3.05) is 5.32 Å². The van der Waals surface area contributed by atoms with Crippen molar-refractivity contribution in [3.8, 4) is 10.4 Å². The van der Waals surface area contributed by atoms with E-state index in [1.54, 1.807) is 30.3 Å². The molecular weight excluding hydrogens is 378 g/mol. The average molecular weight is 393 g/mol. The van der Waals surface area contributed by atoms with Crippen molar-refractivity contribution in [3.63, 3.8) is 0 Å². The Labute approximate surface area is 163 Å². The number of primary amides is 1. The van der Waals surface area contributed by atoms with E-state index in [1.165, 1.54) is 15.9 Å². The van der Waals surface area contributed by atoms with Crippen molar-refractivity contribution >= 4 is 39.3 Å². The first-order chi connectivity index (χ1) is 13.5. The minimum Gasteiger partial charge on any atom is -0.408 e. The second-order valence-electron chi connectivity index (χ2n) is 6.05. The fourth-order valence-corrected chi connectivity index (χ4v) is 3.97. The summed E-state index contributed by atoms with van der Waals surface area (Å²) in [5.74, 6) is -1.72. The number of nitrogens with zero attached hydrogens (tertiary/aromatic N) is 1. The molecule has 0 radical (unpaired) electrons. The molecule has 0 aliphatic rings. The number of carbonyl (C=O) groups excluding carboxylic acids is 2. The van der Waals surface area contributed by atoms with Gasteiger partial charge in [0.15, 0.2) is 5.58 Å². The summed E-state index contributed by atoms with van der Waals surface area (Å²) in [5.41, 5.74) is 7.52. The molecular formula is C20H15N3O4S. The number of fused-ring (bicyclic) bond motifs is 1. The number of benzene rings is 2. The molecule has 2 heterocycles. The molecule has 3 N–H and O–H groups in total. The van der Waals surface area contributed by atoms with Crippen molar-refractivity contribution < 1.29 is 14.0 Å². The van der Waals surface area contributed by atoms with Crippen LogP contribution in [0.3, 0.4) is 0 Å². The van der Waals surface area contributed by atoms with Crippen LogP contribution in [0.15, 0.2) is 69.9 Å². The largest absolute Gasteiger partial charge is 0.420 e. The normalized spacial score (nSPS) is 10.9. The van der Waals surface area contributed by atoms with E-state index in [2.05, 4.69) is 5.32 Å². The number of thiophene rings is 1. The van der Waals surface area contributed by atoms with Crippen LogP contribution in [-0.2, 0) is 11.3 Å². The van der Waals surface area contributed by atoms with E-state index in [9.17, 15) is 14.4 Å². The molecule has 4 rings (SSSR count). The van der Waals surface area contributed by atoms with E-state index in [0.717, 1.165) is 10.4 Å². The number of amides is 2. The number of carbonyl (C=O) groups is 2. The smallest absolute Gasteiger partial charge is 0.408 e. The first-order valence-electron chi connectivity index (χ1n) is 8.40. The lowest BCUT2D eigenvalue weighted by atomic mass is 10.1. The number of nitrogens with one attached hydrogen (secondary N) is 1. The Morgan fingerprint density at radius 2 is 1.79 bits per heavy atom. The van der Waals surface area contributed by atoms with Gasteiger partial charge in [0, 0.05) is 4.88 Å². The highest BCUT2D eigenvalue weighted by atomic mass is 32.1. The maximum atomic E-state index is 12.5. The molecule has 2 amide bonds. The van der Waals surface area contributed by atoms with Gasteiger partial charge in [-0.15, -0.1) is 11.3 Å². The van der Waals surface area contributed by atoms with Crippen LogP contribution in [0.25, 0.3) is 21.5 Å². The topological polar surface area (TPSA) is 107 Å². The number of hydrogen-bond donors (Lipinski definition) is 2. The van der Waals surface area contributed by atoms with Crippen LogP contribution in [0.2, 0.25) is 0 Å². The molecule has 0 bridgehead atoms. The number of aromatic nitrogens is 1. The first-order valence-corrected chi connectivity index (χ1v) is 9.22. The Balaban J connectivity index is 1.62. The summed E-state index contributed by atoms with van der Waals surface area (Å²) in [6, 6.07) is 18.0. The minimum absolute atomic E-state index is 0.224. The van der Waals surface area contributed by atoms with Gasteiger partial charge in [-0.05, 0) is 23.8 Å². The zero-order chi connectivity index (χ0) is 19.7. The van der Waals surface area contributed by atoms with Gasteiger partial charge in [-0.3, -0.25) is 14.2 Å². The van der Waals surface area contributed by atoms with Gasteiger partial charge in [0.05, 0.1) is 11.1 Å². The summed E-state index contributed by atoms with van der Waals surface area (Å²) in [7, 11) is 0. The Bertz CT molecular complexity index is 1240. The molecule has 0 fully saturated rings. The Morgan fingerprint density at radius 3 is 2.54 bits per heavy atom. The summed E-state index contributed by atoms with van der Waals surface area (Å²) in [5, 5.41) is 3.03. The Hall–Kier alpha value is -3.65. The van der Waals surface area contributed by atoms with E-state index in [0.29, 0.717) is 16.1 Å². The van der Waals surface area contributed by atoms with Gasteiger partial charge >= 0.3 is 5.76 Å². The summed E-state index contributed by atoms with van der Waals surface area (Å²) in [6.07, 6.45) is 0. The predicted molar refractivity (Wildman–Crippen MR) is 107 cm³/mol. The van der Waals surface area contributed by atoms with E-state index >= 15 is 0 Å². The first kappa shape index (κ1) is 17.7. The molecule has 0 atom stereocenters.